The Kier molecular flexibility index (Phi) is 4.93. The predicted molar refractivity (Wildman–Crippen MR) is 73.7 cm³/mol. The summed E-state index contributed by atoms with van der Waals surface area (Å²) in [5, 5.41) is 12.4. The maximum atomic E-state index is 9.06. The fourth-order valence-electron chi connectivity index (χ4n) is 2.41. The smallest absolute Gasteiger partial charge is 0.163 e. The number of nitrogens with one attached hydrogen (secondary N) is 1. The minimum absolute atomic E-state index is 0.00846. The second-order valence-electron chi connectivity index (χ2n) is 5.34. The number of ether oxygens (including phenoxy) is 2. The number of hydrogen-bond donors (Lipinski definition) is 2. The van der Waals surface area contributed by atoms with Gasteiger partial charge in [-0.25, -0.2) is 0 Å². The highest BCUT2D eigenvalue weighted by atomic mass is 16.8. The Balaban J connectivity index is 1.81. The largest absolute Gasteiger partial charge is 0.396 e. The average molecular weight is 265 g/mol. The van der Waals surface area contributed by atoms with Crippen molar-refractivity contribution >= 4 is 0 Å². The highest BCUT2D eigenvalue weighted by molar-refractivity contribution is 5.14. The zero-order valence-corrected chi connectivity index (χ0v) is 11.6. The first-order valence-electron chi connectivity index (χ1n) is 6.82. The Hall–Kier alpha value is -0.940. The van der Waals surface area contributed by atoms with Gasteiger partial charge in [-0.3, -0.25) is 0 Å². The summed E-state index contributed by atoms with van der Waals surface area (Å²) >= 11 is 0. The Morgan fingerprint density at radius 2 is 1.84 bits per heavy atom. The van der Waals surface area contributed by atoms with Crippen molar-refractivity contribution in [1.82, 2.24) is 5.32 Å². The van der Waals surface area contributed by atoms with Crippen LogP contribution in [0.2, 0.25) is 0 Å². The van der Waals surface area contributed by atoms with E-state index in [9.17, 15) is 0 Å². The lowest BCUT2D eigenvalue weighted by Gasteiger charge is -2.17. The van der Waals surface area contributed by atoms with Crippen molar-refractivity contribution in [2.75, 3.05) is 13.2 Å². The Morgan fingerprint density at radius 1 is 1.16 bits per heavy atom. The molecule has 19 heavy (non-hydrogen) atoms. The molecule has 4 nitrogen and oxygen atoms in total. The summed E-state index contributed by atoms with van der Waals surface area (Å²) in [4.78, 5) is 0. The number of rotatable bonds is 6. The normalized spacial score (nSPS) is 25.6. The summed E-state index contributed by atoms with van der Waals surface area (Å²) in [5.41, 5.74) is 1.25. The van der Waals surface area contributed by atoms with Crippen LogP contribution in [0.25, 0.3) is 0 Å². The van der Waals surface area contributed by atoms with Crippen LogP contribution in [0.1, 0.15) is 25.8 Å². The Labute approximate surface area is 114 Å². The molecule has 1 aromatic carbocycles. The van der Waals surface area contributed by atoms with Crippen molar-refractivity contribution in [3.63, 3.8) is 0 Å². The van der Waals surface area contributed by atoms with Crippen molar-refractivity contribution in [3.05, 3.63) is 35.9 Å². The minimum atomic E-state index is -0.557. The first-order chi connectivity index (χ1) is 9.11. The van der Waals surface area contributed by atoms with Gasteiger partial charge in [-0.15, -0.1) is 0 Å². The maximum Gasteiger partial charge on any atom is 0.163 e. The van der Waals surface area contributed by atoms with E-state index in [-0.39, 0.29) is 18.8 Å². The van der Waals surface area contributed by atoms with E-state index in [0.29, 0.717) is 6.42 Å². The first-order valence-corrected chi connectivity index (χ1v) is 6.82. The Morgan fingerprint density at radius 3 is 2.53 bits per heavy atom. The zero-order valence-electron chi connectivity index (χ0n) is 11.6. The summed E-state index contributed by atoms with van der Waals surface area (Å²) in [6.45, 7) is 5.48. The van der Waals surface area contributed by atoms with Crippen molar-refractivity contribution < 1.29 is 14.6 Å². The molecule has 1 fully saturated rings. The van der Waals surface area contributed by atoms with Gasteiger partial charge in [0.2, 0.25) is 0 Å². The van der Waals surface area contributed by atoms with Crippen molar-refractivity contribution in [2.45, 2.75) is 44.8 Å². The van der Waals surface area contributed by atoms with Crippen molar-refractivity contribution in [1.29, 1.82) is 0 Å². The molecule has 0 spiro atoms. The molecule has 0 amide bonds. The van der Waals surface area contributed by atoms with E-state index in [4.69, 9.17) is 14.6 Å². The van der Waals surface area contributed by atoms with Gasteiger partial charge < -0.3 is 19.9 Å². The van der Waals surface area contributed by atoms with Crippen LogP contribution in [0.15, 0.2) is 30.3 Å². The summed E-state index contributed by atoms with van der Waals surface area (Å²) in [7, 11) is 0. The molecule has 0 radical (unpaired) electrons. The van der Waals surface area contributed by atoms with E-state index >= 15 is 0 Å². The lowest BCUT2D eigenvalue weighted by Crippen LogP contribution is -2.34. The van der Waals surface area contributed by atoms with Crippen LogP contribution in [-0.4, -0.2) is 36.3 Å². The minimum Gasteiger partial charge on any atom is -0.396 e. The van der Waals surface area contributed by atoms with Gasteiger partial charge in [0.1, 0.15) is 0 Å². The molecule has 1 aliphatic rings. The second kappa shape index (κ2) is 6.48. The van der Waals surface area contributed by atoms with Gasteiger partial charge in [-0.05, 0) is 25.8 Å². The molecule has 0 saturated carbocycles. The molecule has 0 unspecified atom stereocenters. The molecule has 1 aliphatic heterocycles. The first kappa shape index (κ1) is 14.5. The van der Waals surface area contributed by atoms with Crippen molar-refractivity contribution in [3.8, 4) is 0 Å². The van der Waals surface area contributed by atoms with E-state index < -0.39 is 5.79 Å². The highest BCUT2D eigenvalue weighted by Crippen LogP contribution is 2.29. The third-order valence-corrected chi connectivity index (χ3v) is 3.22. The molecule has 1 aromatic rings. The quantitative estimate of drug-likeness (QED) is 0.821. The lowest BCUT2D eigenvalue weighted by atomic mass is 10.1. The van der Waals surface area contributed by atoms with Crippen molar-refractivity contribution in [2.24, 2.45) is 0 Å². The molecule has 1 heterocycles. The molecule has 2 rings (SSSR count). The van der Waals surface area contributed by atoms with Crippen LogP contribution in [0.5, 0.6) is 0 Å². The van der Waals surface area contributed by atoms with Crippen LogP contribution in [-0.2, 0) is 16.0 Å². The van der Waals surface area contributed by atoms with E-state index in [0.717, 1.165) is 13.1 Å². The van der Waals surface area contributed by atoms with E-state index in [1.165, 1.54) is 5.56 Å². The van der Waals surface area contributed by atoms with Gasteiger partial charge in [-0.2, -0.15) is 0 Å². The monoisotopic (exact) mass is 265 g/mol. The summed E-state index contributed by atoms with van der Waals surface area (Å²) in [6.07, 6.45) is 0.565. The summed E-state index contributed by atoms with van der Waals surface area (Å²) in [6, 6.07) is 10.3. The van der Waals surface area contributed by atoms with Crippen LogP contribution in [0.3, 0.4) is 0 Å². The lowest BCUT2D eigenvalue weighted by molar-refractivity contribution is -0.146. The van der Waals surface area contributed by atoms with Gasteiger partial charge in [-0.1, -0.05) is 30.3 Å². The zero-order chi connectivity index (χ0) is 13.7. The predicted octanol–water partition coefficient (Wildman–Crippen LogP) is 1.68. The molecular formula is C15H23NO3. The standard InChI is InChI=1S/C15H23NO3/c1-15(2)18-13(8-9-17)14(19-15)11-16-10-12-6-4-3-5-7-12/h3-7,13-14,16-17H,8-11H2,1-2H3/t13-,14+/m1/s1. The van der Waals surface area contributed by atoms with E-state index in [1.54, 1.807) is 0 Å². The molecule has 2 N–H and O–H groups in total. The average Bonchev–Trinajstić information content (AvgIpc) is 2.66. The SMILES string of the molecule is CC1(C)O[C@@H](CNCc2ccccc2)[C@@H](CCO)O1. The number of aliphatic hydroxyl groups is 1. The van der Waals surface area contributed by atoms with Crippen LogP contribution < -0.4 is 5.32 Å². The van der Waals surface area contributed by atoms with E-state index in [2.05, 4.69) is 17.4 Å². The topological polar surface area (TPSA) is 50.7 Å². The molecule has 0 aromatic heterocycles. The molecule has 1 saturated heterocycles. The fourth-order valence-corrected chi connectivity index (χ4v) is 2.41. The number of aliphatic hydroxyl groups excluding tert-OH is 1. The second-order valence-corrected chi connectivity index (χ2v) is 5.34. The Bertz CT molecular complexity index is 380. The van der Waals surface area contributed by atoms with Gasteiger partial charge in [0, 0.05) is 19.7 Å². The third-order valence-electron chi connectivity index (χ3n) is 3.22. The highest BCUT2D eigenvalue weighted by Gasteiger charge is 2.40. The number of benzene rings is 1. The molecule has 106 valence electrons. The van der Waals surface area contributed by atoms with Gasteiger partial charge >= 0.3 is 0 Å². The summed E-state index contributed by atoms with van der Waals surface area (Å²) < 4.78 is 11.6. The molecule has 2 atom stereocenters. The number of hydrogen-bond acceptors (Lipinski definition) is 4. The van der Waals surface area contributed by atoms with E-state index in [1.807, 2.05) is 32.0 Å². The fraction of sp³-hybridized carbons (Fsp3) is 0.600. The third kappa shape index (κ3) is 4.28. The molecule has 4 heteroatoms. The van der Waals surface area contributed by atoms with Crippen LogP contribution >= 0.6 is 0 Å². The maximum absolute atomic E-state index is 9.06. The van der Waals surface area contributed by atoms with Gasteiger partial charge in [0.25, 0.3) is 0 Å². The summed E-state index contributed by atoms with van der Waals surface area (Å²) in [5.74, 6) is -0.557. The van der Waals surface area contributed by atoms with Crippen LogP contribution in [0, 0.1) is 0 Å². The van der Waals surface area contributed by atoms with Crippen LogP contribution in [0.4, 0.5) is 0 Å². The van der Waals surface area contributed by atoms with Gasteiger partial charge in [0.15, 0.2) is 5.79 Å². The molecular weight excluding hydrogens is 242 g/mol. The van der Waals surface area contributed by atoms with Gasteiger partial charge in [0.05, 0.1) is 12.2 Å². The molecule has 0 bridgehead atoms. The molecule has 0 aliphatic carbocycles.